The number of amides is 1. The Bertz CT molecular complexity index is 483. The zero-order valence-corrected chi connectivity index (χ0v) is 13.6. The van der Waals surface area contributed by atoms with Crippen molar-refractivity contribution in [1.29, 1.82) is 0 Å². The fourth-order valence-corrected chi connectivity index (χ4v) is 2.40. The molecule has 6 heteroatoms. The third kappa shape index (κ3) is 4.28. The summed E-state index contributed by atoms with van der Waals surface area (Å²) in [6, 6.07) is 1.89. The van der Waals surface area contributed by atoms with Crippen molar-refractivity contribution in [1.82, 2.24) is 25.3 Å². The summed E-state index contributed by atoms with van der Waals surface area (Å²) < 4.78 is 1.67. The predicted octanol–water partition coefficient (Wildman–Crippen LogP) is 0.353. The Labute approximate surface area is 126 Å². The number of rotatable bonds is 4. The van der Waals surface area contributed by atoms with Crippen molar-refractivity contribution >= 4 is 5.91 Å². The maximum atomic E-state index is 12.2. The third-order valence-corrected chi connectivity index (χ3v) is 3.80. The van der Waals surface area contributed by atoms with Crippen molar-refractivity contribution in [3.05, 3.63) is 17.5 Å². The monoisotopic (exact) mass is 293 g/mol. The Kier molecular flexibility index (Phi) is 5.00. The Morgan fingerprint density at radius 2 is 2.05 bits per heavy atom. The second-order valence-electron chi connectivity index (χ2n) is 6.64. The van der Waals surface area contributed by atoms with E-state index in [1.54, 1.807) is 4.68 Å². The first-order valence-electron chi connectivity index (χ1n) is 7.64. The summed E-state index contributed by atoms with van der Waals surface area (Å²) in [5, 5.41) is 10.8. The molecule has 2 rings (SSSR count). The van der Waals surface area contributed by atoms with Gasteiger partial charge in [-0.25, -0.2) is 0 Å². The van der Waals surface area contributed by atoms with Crippen LogP contribution in [0.25, 0.3) is 0 Å². The molecule has 0 aromatic carbocycles. The summed E-state index contributed by atoms with van der Waals surface area (Å²) in [4.78, 5) is 14.6. The Morgan fingerprint density at radius 3 is 2.62 bits per heavy atom. The Balaban J connectivity index is 1.87. The largest absolute Gasteiger partial charge is 0.349 e. The van der Waals surface area contributed by atoms with Gasteiger partial charge in [0.15, 0.2) is 0 Å². The first-order chi connectivity index (χ1) is 9.88. The van der Waals surface area contributed by atoms with Crippen LogP contribution in [0, 0.1) is 0 Å². The molecule has 0 unspecified atom stereocenters. The number of aromatic nitrogens is 2. The molecule has 118 valence electrons. The van der Waals surface area contributed by atoms with E-state index in [1.807, 2.05) is 13.1 Å². The molecular formula is C15H27N5O. The van der Waals surface area contributed by atoms with E-state index in [0.717, 1.165) is 38.4 Å². The van der Waals surface area contributed by atoms with Gasteiger partial charge in [-0.3, -0.25) is 14.4 Å². The van der Waals surface area contributed by atoms with E-state index in [2.05, 4.69) is 41.4 Å². The Morgan fingerprint density at radius 1 is 1.38 bits per heavy atom. The van der Waals surface area contributed by atoms with Gasteiger partial charge in [-0.05, 0) is 6.07 Å². The molecule has 2 heterocycles. The number of hydrogen-bond acceptors (Lipinski definition) is 4. The van der Waals surface area contributed by atoms with Crippen LogP contribution in [-0.2, 0) is 12.5 Å². The smallest absolute Gasteiger partial charge is 0.269 e. The van der Waals surface area contributed by atoms with Gasteiger partial charge in [0, 0.05) is 51.7 Å². The van der Waals surface area contributed by atoms with Gasteiger partial charge < -0.3 is 10.6 Å². The number of piperazine rings is 1. The highest BCUT2D eigenvalue weighted by molar-refractivity contribution is 5.92. The maximum Gasteiger partial charge on any atom is 0.269 e. The normalized spacial score (nSPS) is 17.0. The van der Waals surface area contributed by atoms with Gasteiger partial charge in [-0.15, -0.1) is 0 Å². The van der Waals surface area contributed by atoms with Gasteiger partial charge >= 0.3 is 0 Å². The molecule has 6 nitrogen and oxygen atoms in total. The minimum Gasteiger partial charge on any atom is -0.349 e. The number of nitrogens with one attached hydrogen (secondary N) is 2. The van der Waals surface area contributed by atoms with Crippen molar-refractivity contribution in [3.63, 3.8) is 0 Å². The standard InChI is InChI=1S/C15H27N5O/c1-15(2,3)13-11-12(19(4)18-13)14(21)17-7-10-20-8-5-16-6-9-20/h11,16H,5-10H2,1-4H3,(H,17,21). The summed E-state index contributed by atoms with van der Waals surface area (Å²) in [7, 11) is 1.82. The van der Waals surface area contributed by atoms with Crippen molar-refractivity contribution in [2.24, 2.45) is 7.05 Å². The Hall–Kier alpha value is -1.40. The van der Waals surface area contributed by atoms with Gasteiger partial charge in [0.1, 0.15) is 5.69 Å². The quantitative estimate of drug-likeness (QED) is 0.841. The summed E-state index contributed by atoms with van der Waals surface area (Å²) in [6.07, 6.45) is 0. The number of carbonyl (C=O) groups is 1. The SMILES string of the molecule is Cn1nc(C(C)(C)C)cc1C(=O)NCCN1CCNCC1. The van der Waals surface area contributed by atoms with Gasteiger partial charge in [-0.2, -0.15) is 5.10 Å². The van der Waals surface area contributed by atoms with Crippen LogP contribution >= 0.6 is 0 Å². The molecule has 0 saturated carbocycles. The molecule has 1 amide bonds. The molecule has 1 aromatic rings. The lowest BCUT2D eigenvalue weighted by atomic mass is 9.92. The first-order valence-corrected chi connectivity index (χ1v) is 7.64. The van der Waals surface area contributed by atoms with E-state index < -0.39 is 0 Å². The van der Waals surface area contributed by atoms with E-state index in [-0.39, 0.29) is 11.3 Å². The fourth-order valence-electron chi connectivity index (χ4n) is 2.40. The average molecular weight is 293 g/mol. The summed E-state index contributed by atoms with van der Waals surface area (Å²) in [5.74, 6) is -0.0457. The molecule has 1 aliphatic heterocycles. The van der Waals surface area contributed by atoms with Crippen molar-refractivity contribution < 1.29 is 4.79 Å². The van der Waals surface area contributed by atoms with Crippen LogP contribution < -0.4 is 10.6 Å². The summed E-state index contributed by atoms with van der Waals surface area (Å²) >= 11 is 0. The molecule has 1 aliphatic rings. The second kappa shape index (κ2) is 6.58. The van der Waals surface area contributed by atoms with E-state index >= 15 is 0 Å². The van der Waals surface area contributed by atoms with Crippen molar-refractivity contribution in [2.75, 3.05) is 39.3 Å². The highest BCUT2D eigenvalue weighted by atomic mass is 16.2. The van der Waals surface area contributed by atoms with E-state index in [9.17, 15) is 4.79 Å². The minimum atomic E-state index is -0.0457. The van der Waals surface area contributed by atoms with Crippen molar-refractivity contribution in [2.45, 2.75) is 26.2 Å². The lowest BCUT2D eigenvalue weighted by Gasteiger charge is -2.27. The zero-order valence-electron chi connectivity index (χ0n) is 13.6. The molecular weight excluding hydrogens is 266 g/mol. The first kappa shape index (κ1) is 16.0. The topological polar surface area (TPSA) is 62.2 Å². The molecule has 1 fully saturated rings. The van der Waals surface area contributed by atoms with Crippen LogP contribution in [0.2, 0.25) is 0 Å². The summed E-state index contributed by atoms with van der Waals surface area (Å²) in [6.45, 7) is 12.0. The van der Waals surface area contributed by atoms with Crippen LogP contribution in [0.1, 0.15) is 37.0 Å². The molecule has 0 radical (unpaired) electrons. The van der Waals surface area contributed by atoms with Crippen LogP contribution in [0.4, 0.5) is 0 Å². The highest BCUT2D eigenvalue weighted by Crippen LogP contribution is 2.21. The minimum absolute atomic E-state index is 0.0446. The maximum absolute atomic E-state index is 12.2. The second-order valence-corrected chi connectivity index (χ2v) is 6.64. The average Bonchev–Trinajstić information content (AvgIpc) is 2.82. The lowest BCUT2D eigenvalue weighted by molar-refractivity contribution is 0.0938. The number of hydrogen-bond donors (Lipinski definition) is 2. The number of carbonyl (C=O) groups excluding carboxylic acids is 1. The third-order valence-electron chi connectivity index (χ3n) is 3.80. The highest BCUT2D eigenvalue weighted by Gasteiger charge is 2.21. The van der Waals surface area contributed by atoms with Gasteiger partial charge in [0.25, 0.3) is 5.91 Å². The fraction of sp³-hybridized carbons (Fsp3) is 0.733. The molecule has 2 N–H and O–H groups in total. The molecule has 1 saturated heterocycles. The predicted molar refractivity (Wildman–Crippen MR) is 83.6 cm³/mol. The zero-order chi connectivity index (χ0) is 15.5. The molecule has 0 spiro atoms. The van der Waals surface area contributed by atoms with E-state index in [0.29, 0.717) is 12.2 Å². The molecule has 0 bridgehead atoms. The molecule has 1 aromatic heterocycles. The van der Waals surface area contributed by atoms with E-state index in [4.69, 9.17) is 0 Å². The van der Waals surface area contributed by atoms with Gasteiger partial charge in [0.05, 0.1) is 5.69 Å². The van der Waals surface area contributed by atoms with Crippen LogP contribution in [0.3, 0.4) is 0 Å². The van der Waals surface area contributed by atoms with Gasteiger partial charge in [-0.1, -0.05) is 20.8 Å². The van der Waals surface area contributed by atoms with Crippen LogP contribution in [0.5, 0.6) is 0 Å². The van der Waals surface area contributed by atoms with Crippen molar-refractivity contribution in [3.8, 4) is 0 Å². The number of aryl methyl sites for hydroxylation is 1. The van der Waals surface area contributed by atoms with E-state index in [1.165, 1.54) is 0 Å². The van der Waals surface area contributed by atoms with Crippen LogP contribution in [-0.4, -0.2) is 59.9 Å². The molecule has 0 aliphatic carbocycles. The molecule has 21 heavy (non-hydrogen) atoms. The number of nitrogens with zero attached hydrogens (tertiary/aromatic N) is 3. The molecule has 0 atom stereocenters. The summed E-state index contributed by atoms with van der Waals surface area (Å²) in [5.41, 5.74) is 1.52. The van der Waals surface area contributed by atoms with Crippen LogP contribution in [0.15, 0.2) is 6.07 Å². The van der Waals surface area contributed by atoms with Gasteiger partial charge in [0.2, 0.25) is 0 Å². The lowest BCUT2D eigenvalue weighted by Crippen LogP contribution is -2.46.